The fourth-order valence-electron chi connectivity index (χ4n) is 2.79. The normalized spacial score (nSPS) is 17.6. The number of thiophene rings is 1. The molecule has 2 heterocycles. The van der Waals surface area contributed by atoms with Gasteiger partial charge in [0.2, 0.25) is 0 Å². The number of thiazole rings is 1. The number of aromatic nitrogens is 1. The molecule has 3 nitrogen and oxygen atoms in total. The monoisotopic (exact) mass is 320 g/mol. The van der Waals surface area contributed by atoms with Gasteiger partial charge in [-0.25, -0.2) is 4.98 Å². The summed E-state index contributed by atoms with van der Waals surface area (Å²) in [5, 5.41) is 3.08. The molecule has 3 rings (SSSR count). The maximum Gasteiger partial charge on any atom is 0.264 e. The minimum absolute atomic E-state index is 0.118. The van der Waals surface area contributed by atoms with Crippen molar-refractivity contribution in [3.05, 3.63) is 37.5 Å². The summed E-state index contributed by atoms with van der Waals surface area (Å²) >= 11 is 3.31. The summed E-state index contributed by atoms with van der Waals surface area (Å²) < 4.78 is 0. The van der Waals surface area contributed by atoms with Gasteiger partial charge in [0.05, 0.1) is 22.1 Å². The van der Waals surface area contributed by atoms with Crippen LogP contribution in [-0.2, 0) is 19.4 Å². The van der Waals surface area contributed by atoms with E-state index in [2.05, 4.69) is 18.0 Å². The molecule has 5 heteroatoms. The number of aryl methyl sites for hydroxylation is 2. The van der Waals surface area contributed by atoms with E-state index >= 15 is 0 Å². The number of hydrogen-bond donors (Lipinski definition) is 0. The minimum Gasteiger partial charge on any atom is -0.335 e. The van der Waals surface area contributed by atoms with Crippen molar-refractivity contribution in [1.82, 2.24) is 9.88 Å². The highest BCUT2D eigenvalue weighted by molar-refractivity contribution is 7.14. The fraction of sp³-hybridized carbons (Fsp3) is 0.500. The van der Waals surface area contributed by atoms with Crippen LogP contribution < -0.4 is 0 Å². The quantitative estimate of drug-likeness (QED) is 0.859. The molecule has 0 fully saturated rings. The molecule has 0 aromatic carbocycles. The molecule has 0 saturated carbocycles. The summed E-state index contributed by atoms with van der Waals surface area (Å²) in [5.74, 6) is 0.860. The third-order valence-electron chi connectivity index (χ3n) is 3.95. The molecule has 0 radical (unpaired) electrons. The molecule has 21 heavy (non-hydrogen) atoms. The Labute approximate surface area is 133 Å². The van der Waals surface area contributed by atoms with Gasteiger partial charge in [0, 0.05) is 17.3 Å². The van der Waals surface area contributed by atoms with Crippen LogP contribution >= 0.6 is 22.7 Å². The third-order valence-corrected chi connectivity index (χ3v) is 6.00. The summed E-state index contributed by atoms with van der Waals surface area (Å²) in [7, 11) is 1.86. The first-order valence-electron chi connectivity index (χ1n) is 7.31. The largest absolute Gasteiger partial charge is 0.335 e. The third kappa shape index (κ3) is 3.19. The van der Waals surface area contributed by atoms with Gasteiger partial charge >= 0.3 is 0 Å². The van der Waals surface area contributed by atoms with E-state index in [0.717, 1.165) is 34.3 Å². The van der Waals surface area contributed by atoms with Crippen LogP contribution in [0.15, 0.2) is 11.4 Å². The van der Waals surface area contributed by atoms with E-state index in [9.17, 15) is 4.79 Å². The molecule has 0 saturated heterocycles. The van der Waals surface area contributed by atoms with Crippen LogP contribution in [0.5, 0.6) is 0 Å². The maximum absolute atomic E-state index is 12.6. The number of carbonyl (C=O) groups excluding carboxylic acids is 1. The Kier molecular flexibility index (Phi) is 4.13. The summed E-state index contributed by atoms with van der Waals surface area (Å²) in [6.07, 6.45) is 3.49. The number of hydrogen-bond acceptors (Lipinski definition) is 4. The molecule has 0 aliphatic heterocycles. The molecule has 112 valence electrons. The number of fused-ring (bicyclic) bond motifs is 1. The lowest BCUT2D eigenvalue weighted by Crippen LogP contribution is -2.25. The summed E-state index contributed by atoms with van der Waals surface area (Å²) in [5.41, 5.74) is 2.36. The lowest BCUT2D eigenvalue weighted by molar-refractivity contribution is 0.0788. The van der Waals surface area contributed by atoms with Crippen molar-refractivity contribution in [3.8, 4) is 0 Å². The lowest BCUT2D eigenvalue weighted by atomic mass is 9.90. The average molecular weight is 320 g/mol. The predicted molar refractivity (Wildman–Crippen MR) is 88.2 cm³/mol. The molecule has 0 spiro atoms. The van der Waals surface area contributed by atoms with E-state index in [-0.39, 0.29) is 5.91 Å². The molecular formula is C16H20N2OS2. The Morgan fingerprint density at radius 1 is 1.52 bits per heavy atom. The number of rotatable bonds is 3. The summed E-state index contributed by atoms with van der Waals surface area (Å²) in [6, 6.07) is 2.11. The van der Waals surface area contributed by atoms with Crippen LogP contribution in [0.25, 0.3) is 0 Å². The second-order valence-corrected chi connectivity index (χ2v) is 8.13. The van der Waals surface area contributed by atoms with Crippen molar-refractivity contribution in [1.29, 1.82) is 0 Å². The highest BCUT2D eigenvalue weighted by Crippen LogP contribution is 2.32. The molecule has 1 amide bonds. The fourth-order valence-corrected chi connectivity index (χ4v) is 4.60. The average Bonchev–Trinajstić information content (AvgIpc) is 3.03. The van der Waals surface area contributed by atoms with Crippen LogP contribution in [-0.4, -0.2) is 22.8 Å². The van der Waals surface area contributed by atoms with E-state index in [4.69, 9.17) is 0 Å². The zero-order valence-electron chi connectivity index (χ0n) is 12.7. The Hall–Kier alpha value is -1.20. The van der Waals surface area contributed by atoms with E-state index in [1.807, 2.05) is 19.4 Å². The molecule has 2 aromatic heterocycles. The zero-order chi connectivity index (χ0) is 15.0. The standard InChI is InChI=1S/C16H20N2OS2/c1-10-4-5-14-12(6-10)7-15(21-14)16(19)18(3)8-13-9-20-11(2)17-13/h7,9-10H,4-6,8H2,1-3H3. The molecule has 0 N–H and O–H groups in total. The smallest absolute Gasteiger partial charge is 0.264 e. The second kappa shape index (κ2) is 5.89. The van der Waals surface area contributed by atoms with Gasteiger partial charge < -0.3 is 4.90 Å². The number of nitrogens with zero attached hydrogens (tertiary/aromatic N) is 2. The zero-order valence-corrected chi connectivity index (χ0v) is 14.3. The highest BCUT2D eigenvalue weighted by Gasteiger charge is 2.22. The van der Waals surface area contributed by atoms with Crippen molar-refractivity contribution in [2.75, 3.05) is 7.05 Å². The molecule has 1 atom stereocenters. The van der Waals surface area contributed by atoms with Gasteiger partial charge in [0.15, 0.2) is 0 Å². The van der Waals surface area contributed by atoms with Gasteiger partial charge in [-0.05, 0) is 43.7 Å². The summed E-state index contributed by atoms with van der Waals surface area (Å²) in [4.78, 5) is 21.1. The van der Waals surface area contributed by atoms with Crippen LogP contribution in [0.4, 0.5) is 0 Å². The van der Waals surface area contributed by atoms with Gasteiger partial charge in [-0.1, -0.05) is 6.92 Å². The first-order valence-corrected chi connectivity index (χ1v) is 9.00. The molecule has 1 aliphatic carbocycles. The van der Waals surface area contributed by atoms with Crippen molar-refractivity contribution in [2.24, 2.45) is 5.92 Å². The SMILES string of the molecule is Cc1nc(CN(C)C(=O)c2cc3c(s2)CCC(C)C3)cs1. The number of amides is 1. The van der Waals surface area contributed by atoms with Crippen molar-refractivity contribution in [2.45, 2.75) is 39.7 Å². The lowest BCUT2D eigenvalue weighted by Gasteiger charge is -2.16. The predicted octanol–water partition coefficient (Wildman–Crippen LogP) is 3.91. The molecular weight excluding hydrogens is 300 g/mol. The van der Waals surface area contributed by atoms with Crippen LogP contribution in [0.2, 0.25) is 0 Å². The van der Waals surface area contributed by atoms with Gasteiger partial charge in [-0.3, -0.25) is 4.79 Å². The van der Waals surface area contributed by atoms with Crippen molar-refractivity contribution >= 4 is 28.6 Å². The van der Waals surface area contributed by atoms with Gasteiger partial charge in [-0.15, -0.1) is 22.7 Å². The Morgan fingerprint density at radius 3 is 3.05 bits per heavy atom. The van der Waals surface area contributed by atoms with E-state index in [0.29, 0.717) is 6.54 Å². The second-order valence-electron chi connectivity index (χ2n) is 5.93. The van der Waals surface area contributed by atoms with Gasteiger partial charge in [-0.2, -0.15) is 0 Å². The van der Waals surface area contributed by atoms with Crippen LogP contribution in [0.3, 0.4) is 0 Å². The number of carbonyl (C=O) groups is 1. The Balaban J connectivity index is 1.72. The topological polar surface area (TPSA) is 33.2 Å². The maximum atomic E-state index is 12.6. The van der Waals surface area contributed by atoms with Crippen molar-refractivity contribution < 1.29 is 4.79 Å². The first kappa shape index (κ1) is 14.7. The minimum atomic E-state index is 0.118. The molecule has 0 bridgehead atoms. The van der Waals surface area contributed by atoms with Gasteiger partial charge in [0.25, 0.3) is 5.91 Å². The van der Waals surface area contributed by atoms with E-state index in [1.54, 1.807) is 27.6 Å². The molecule has 1 aliphatic rings. The Bertz CT molecular complexity index is 659. The van der Waals surface area contributed by atoms with Gasteiger partial charge in [0.1, 0.15) is 0 Å². The first-order chi connectivity index (χ1) is 10.0. The highest BCUT2D eigenvalue weighted by atomic mass is 32.1. The molecule has 1 unspecified atom stereocenters. The van der Waals surface area contributed by atoms with E-state index < -0.39 is 0 Å². The van der Waals surface area contributed by atoms with E-state index in [1.165, 1.54) is 16.9 Å². The van der Waals surface area contributed by atoms with Crippen molar-refractivity contribution in [3.63, 3.8) is 0 Å². The summed E-state index contributed by atoms with van der Waals surface area (Å²) in [6.45, 7) is 4.87. The Morgan fingerprint density at radius 2 is 2.33 bits per heavy atom. The molecule has 2 aromatic rings. The van der Waals surface area contributed by atoms with Crippen LogP contribution in [0.1, 0.15) is 44.2 Å². The van der Waals surface area contributed by atoms with Crippen LogP contribution in [0, 0.1) is 12.8 Å².